The van der Waals surface area contributed by atoms with E-state index in [1.54, 1.807) is 0 Å². The average Bonchev–Trinajstić information content (AvgIpc) is 2.03. The molecule has 1 aliphatic carbocycles. The molecule has 11 heavy (non-hydrogen) atoms. The molecule has 0 bridgehead atoms. The zero-order valence-corrected chi connectivity index (χ0v) is 7.15. The molecule has 1 aliphatic rings. The van der Waals surface area contributed by atoms with Gasteiger partial charge in [-0.3, -0.25) is 0 Å². The maximum absolute atomic E-state index is 3.24. The van der Waals surface area contributed by atoms with E-state index in [1.165, 1.54) is 0 Å². The van der Waals surface area contributed by atoms with E-state index >= 15 is 0 Å². The molecule has 0 nitrogen and oxygen atoms in total. The third-order valence-electron chi connectivity index (χ3n) is 1.53. The standard InChI is InChI=1S/C11H13/c1-10(2)8-9-11-6-4-3-5-7-11/h4,10-11H,6-7H2,1-2H3. The van der Waals surface area contributed by atoms with Crippen LogP contribution in [0.15, 0.2) is 0 Å². The summed E-state index contributed by atoms with van der Waals surface area (Å²) < 4.78 is 0. The zero-order valence-electron chi connectivity index (χ0n) is 7.15. The first kappa shape index (κ1) is 8.22. The lowest BCUT2D eigenvalue weighted by molar-refractivity contribution is 0.682. The smallest absolute Gasteiger partial charge is 0.0353 e. The first-order valence-corrected chi connectivity index (χ1v) is 4.10. The molecular weight excluding hydrogens is 132 g/mol. The summed E-state index contributed by atoms with van der Waals surface area (Å²) in [5.41, 5.74) is 0. The molecule has 0 aromatic carbocycles. The predicted octanol–water partition coefficient (Wildman–Crippen LogP) is 2.26. The fraction of sp³-hybridized carbons (Fsp3) is 0.545. The third-order valence-corrected chi connectivity index (χ3v) is 1.53. The van der Waals surface area contributed by atoms with Gasteiger partial charge in [-0.2, -0.15) is 0 Å². The minimum atomic E-state index is 0.491. The molecule has 0 aromatic heterocycles. The van der Waals surface area contributed by atoms with E-state index in [0.717, 1.165) is 12.8 Å². The van der Waals surface area contributed by atoms with Gasteiger partial charge >= 0.3 is 0 Å². The van der Waals surface area contributed by atoms with Crippen LogP contribution in [-0.2, 0) is 0 Å². The van der Waals surface area contributed by atoms with E-state index in [4.69, 9.17) is 0 Å². The van der Waals surface area contributed by atoms with Crippen molar-refractivity contribution in [2.45, 2.75) is 26.7 Å². The summed E-state index contributed by atoms with van der Waals surface area (Å²) in [6, 6.07) is 0. The average molecular weight is 145 g/mol. The Balaban J connectivity index is 2.41. The zero-order chi connectivity index (χ0) is 8.10. The Kier molecular flexibility index (Phi) is 3.06. The highest BCUT2D eigenvalue weighted by atomic mass is 14.1. The van der Waals surface area contributed by atoms with Crippen molar-refractivity contribution in [3.8, 4) is 23.7 Å². The van der Waals surface area contributed by atoms with Crippen molar-refractivity contribution in [3.63, 3.8) is 0 Å². The van der Waals surface area contributed by atoms with Crippen molar-refractivity contribution in [1.29, 1.82) is 0 Å². The maximum Gasteiger partial charge on any atom is 0.0353 e. The van der Waals surface area contributed by atoms with E-state index in [9.17, 15) is 0 Å². The first-order chi connectivity index (χ1) is 5.29. The van der Waals surface area contributed by atoms with E-state index in [-0.39, 0.29) is 0 Å². The normalized spacial score (nSPS) is 21.5. The van der Waals surface area contributed by atoms with E-state index in [0.29, 0.717) is 11.8 Å². The molecule has 0 aliphatic heterocycles. The van der Waals surface area contributed by atoms with Crippen LogP contribution >= 0.6 is 0 Å². The van der Waals surface area contributed by atoms with Gasteiger partial charge in [0.25, 0.3) is 0 Å². The van der Waals surface area contributed by atoms with Crippen molar-refractivity contribution in [3.05, 3.63) is 6.42 Å². The summed E-state index contributed by atoms with van der Waals surface area (Å²) in [5, 5.41) is 0. The van der Waals surface area contributed by atoms with Gasteiger partial charge in [-0.25, -0.2) is 0 Å². The molecule has 0 N–H and O–H groups in total. The van der Waals surface area contributed by atoms with Gasteiger partial charge in [0.2, 0.25) is 0 Å². The molecule has 1 unspecified atom stereocenters. The van der Waals surface area contributed by atoms with Crippen LogP contribution < -0.4 is 0 Å². The molecule has 0 spiro atoms. The van der Waals surface area contributed by atoms with Crippen molar-refractivity contribution >= 4 is 0 Å². The second-order valence-corrected chi connectivity index (χ2v) is 3.11. The van der Waals surface area contributed by atoms with Gasteiger partial charge in [0.1, 0.15) is 0 Å². The lowest BCUT2D eigenvalue weighted by atomic mass is 9.96. The van der Waals surface area contributed by atoms with Gasteiger partial charge in [0.15, 0.2) is 0 Å². The minimum absolute atomic E-state index is 0.491. The molecule has 0 fully saturated rings. The van der Waals surface area contributed by atoms with E-state index in [2.05, 4.69) is 37.5 Å². The highest BCUT2D eigenvalue weighted by Gasteiger charge is 2.05. The van der Waals surface area contributed by atoms with Crippen LogP contribution in [0.3, 0.4) is 0 Å². The van der Waals surface area contributed by atoms with Crippen LogP contribution in [0.5, 0.6) is 0 Å². The van der Waals surface area contributed by atoms with Gasteiger partial charge in [0, 0.05) is 24.7 Å². The number of hydrogen-bond donors (Lipinski definition) is 0. The molecule has 1 rings (SSSR count). The number of rotatable bonds is 0. The Morgan fingerprint density at radius 3 is 2.91 bits per heavy atom. The Morgan fingerprint density at radius 1 is 1.55 bits per heavy atom. The van der Waals surface area contributed by atoms with Crippen LogP contribution in [0.4, 0.5) is 0 Å². The monoisotopic (exact) mass is 145 g/mol. The lowest BCUT2D eigenvalue weighted by Gasteiger charge is -2.06. The lowest BCUT2D eigenvalue weighted by Crippen LogP contribution is -1.99. The molecule has 0 amide bonds. The number of hydrogen-bond acceptors (Lipinski definition) is 0. The summed E-state index contributed by atoms with van der Waals surface area (Å²) in [6.07, 6.45) is 4.02. The second-order valence-electron chi connectivity index (χ2n) is 3.11. The summed E-state index contributed by atoms with van der Waals surface area (Å²) in [4.78, 5) is 0. The van der Waals surface area contributed by atoms with E-state index in [1.807, 2.05) is 6.42 Å². The third kappa shape index (κ3) is 3.15. The molecule has 57 valence electrons. The van der Waals surface area contributed by atoms with Crippen molar-refractivity contribution in [2.24, 2.45) is 11.8 Å². The van der Waals surface area contributed by atoms with Crippen LogP contribution in [-0.4, -0.2) is 0 Å². The fourth-order valence-electron chi connectivity index (χ4n) is 0.933. The summed E-state index contributed by atoms with van der Waals surface area (Å²) in [5.74, 6) is 13.4. The Morgan fingerprint density at radius 2 is 2.36 bits per heavy atom. The quantitative estimate of drug-likeness (QED) is 0.459. The Labute approximate surface area is 69.4 Å². The molecule has 1 atom stereocenters. The second kappa shape index (κ2) is 4.09. The first-order valence-electron chi connectivity index (χ1n) is 4.10. The SMILES string of the molecule is CC(C)C#CC1CC#C[CH]C1. The molecule has 0 saturated heterocycles. The maximum atomic E-state index is 3.24. The molecule has 0 heterocycles. The van der Waals surface area contributed by atoms with Crippen LogP contribution in [0, 0.1) is 41.9 Å². The Bertz CT molecular complexity index is 226. The van der Waals surface area contributed by atoms with Crippen LogP contribution in [0.25, 0.3) is 0 Å². The van der Waals surface area contributed by atoms with Gasteiger partial charge in [0.05, 0.1) is 0 Å². The molecule has 1 radical (unpaired) electrons. The molecular formula is C11H13. The van der Waals surface area contributed by atoms with E-state index < -0.39 is 0 Å². The van der Waals surface area contributed by atoms with Gasteiger partial charge in [-0.05, 0) is 6.42 Å². The van der Waals surface area contributed by atoms with Gasteiger partial charge in [-0.15, -0.1) is 11.8 Å². The van der Waals surface area contributed by atoms with Crippen molar-refractivity contribution in [2.75, 3.05) is 0 Å². The molecule has 0 saturated carbocycles. The summed E-state index contributed by atoms with van der Waals surface area (Å²) in [7, 11) is 0. The van der Waals surface area contributed by atoms with Crippen molar-refractivity contribution in [1.82, 2.24) is 0 Å². The molecule has 0 aromatic rings. The minimum Gasteiger partial charge on any atom is -0.102 e. The van der Waals surface area contributed by atoms with Gasteiger partial charge < -0.3 is 0 Å². The highest BCUT2D eigenvalue weighted by molar-refractivity contribution is 5.20. The summed E-state index contributed by atoms with van der Waals surface area (Å²) >= 11 is 0. The van der Waals surface area contributed by atoms with Crippen LogP contribution in [0.1, 0.15) is 26.7 Å². The largest absolute Gasteiger partial charge is 0.102 e. The topological polar surface area (TPSA) is 0 Å². The fourth-order valence-corrected chi connectivity index (χ4v) is 0.933. The summed E-state index contributed by atoms with van der Waals surface area (Å²) in [6.45, 7) is 4.23. The van der Waals surface area contributed by atoms with Gasteiger partial charge in [-0.1, -0.05) is 25.7 Å². The van der Waals surface area contributed by atoms with Crippen molar-refractivity contribution < 1.29 is 0 Å². The highest BCUT2D eigenvalue weighted by Crippen LogP contribution is 2.12. The Hall–Kier alpha value is -0.880. The molecule has 0 heteroatoms. The predicted molar refractivity (Wildman–Crippen MR) is 47.4 cm³/mol. The van der Waals surface area contributed by atoms with Crippen LogP contribution in [0.2, 0.25) is 0 Å².